The first-order valence-electron chi connectivity index (χ1n) is 3.44. The third-order valence-corrected chi connectivity index (χ3v) is 2.53. The van der Waals surface area contributed by atoms with E-state index in [1.807, 2.05) is 13.8 Å². The molecule has 2 nitrogen and oxygen atoms in total. The lowest BCUT2D eigenvalue weighted by atomic mass is 10.4. The van der Waals surface area contributed by atoms with Crippen molar-refractivity contribution in [3.63, 3.8) is 0 Å². The smallest absolute Gasteiger partial charge is 0.185 e. The molecule has 5 heteroatoms. The number of carbonyl (C=O) groups is 1. The number of aromatic nitrogens is 1. The Morgan fingerprint density at radius 1 is 1.42 bits per heavy atom. The Morgan fingerprint density at radius 3 is 2.08 bits per heavy atom. The summed E-state index contributed by atoms with van der Waals surface area (Å²) in [6, 6.07) is 0. The quantitative estimate of drug-likeness (QED) is 0.683. The van der Waals surface area contributed by atoms with Gasteiger partial charge in [-0.15, -0.1) is 0 Å². The van der Waals surface area contributed by atoms with Crippen LogP contribution in [0, 0.1) is 0 Å². The molecule has 0 N–H and O–H groups in total. The van der Waals surface area contributed by atoms with Crippen LogP contribution in [0.15, 0.2) is 0 Å². The Hall–Kier alpha value is -0.120. The number of Topliss-reactive ketones (excluding diaryl/α,β-unsaturated/α-hetero) is 1. The Bertz CT molecular complexity index is 272. The van der Waals surface area contributed by atoms with Crippen LogP contribution in [-0.4, -0.2) is 10.8 Å². The molecule has 0 radical (unpaired) electrons. The summed E-state index contributed by atoms with van der Waals surface area (Å²) in [5.41, 5.74) is 0. The molecule has 0 amide bonds. The van der Waals surface area contributed by atoms with Crippen LogP contribution in [0.25, 0.3) is 0 Å². The van der Waals surface area contributed by atoms with E-state index in [0.29, 0.717) is 9.34 Å². The molecule has 1 aromatic rings. The van der Waals surface area contributed by atoms with E-state index in [2.05, 4.69) is 4.98 Å². The van der Waals surface area contributed by atoms with E-state index in [0.717, 1.165) is 11.3 Å². The summed E-state index contributed by atoms with van der Waals surface area (Å²) in [7, 11) is 0. The Kier molecular flexibility index (Phi) is 5.46. The summed E-state index contributed by atoms with van der Waals surface area (Å²) in [6.45, 7) is 5.43. The Morgan fingerprint density at radius 2 is 1.92 bits per heavy atom. The predicted octanol–water partition coefficient (Wildman–Crippen LogP) is 3.68. The minimum Gasteiger partial charge on any atom is -0.293 e. The molecular weight excluding hydrogens is 217 g/mol. The number of nitrogens with zero attached hydrogens (tertiary/aromatic N) is 1. The fourth-order valence-electron chi connectivity index (χ4n) is 0.494. The van der Waals surface area contributed by atoms with E-state index in [9.17, 15) is 4.79 Å². The van der Waals surface area contributed by atoms with E-state index in [-0.39, 0.29) is 10.9 Å². The van der Waals surface area contributed by atoms with E-state index >= 15 is 0 Å². The van der Waals surface area contributed by atoms with Crippen LogP contribution in [0.5, 0.6) is 0 Å². The van der Waals surface area contributed by atoms with Crippen LogP contribution in [-0.2, 0) is 0 Å². The van der Waals surface area contributed by atoms with Gasteiger partial charge >= 0.3 is 0 Å². The van der Waals surface area contributed by atoms with Gasteiger partial charge in [0, 0.05) is 6.92 Å². The molecule has 0 unspecified atom stereocenters. The highest BCUT2D eigenvalue weighted by Gasteiger charge is 2.10. The molecule has 0 aromatic carbocycles. The van der Waals surface area contributed by atoms with Crippen LogP contribution in [0.2, 0.25) is 9.62 Å². The van der Waals surface area contributed by atoms with Gasteiger partial charge in [-0.2, -0.15) is 0 Å². The Balaban J connectivity index is 0.000000561. The predicted molar refractivity (Wildman–Crippen MR) is 53.5 cm³/mol. The lowest BCUT2D eigenvalue weighted by Gasteiger charge is -1.83. The van der Waals surface area contributed by atoms with Crippen molar-refractivity contribution in [1.29, 1.82) is 0 Å². The van der Waals surface area contributed by atoms with Gasteiger partial charge < -0.3 is 0 Å². The molecule has 0 aliphatic rings. The molecule has 12 heavy (non-hydrogen) atoms. The van der Waals surface area contributed by atoms with Crippen molar-refractivity contribution in [1.82, 2.24) is 4.98 Å². The average molecular weight is 226 g/mol. The van der Waals surface area contributed by atoms with Crippen LogP contribution in [0.3, 0.4) is 0 Å². The monoisotopic (exact) mass is 225 g/mol. The Labute approximate surface area is 85.5 Å². The number of rotatable bonds is 1. The van der Waals surface area contributed by atoms with Gasteiger partial charge in [-0.25, -0.2) is 4.98 Å². The minimum absolute atomic E-state index is 0.102. The zero-order chi connectivity index (χ0) is 9.72. The molecule has 1 heterocycles. The second kappa shape index (κ2) is 5.51. The number of ketones is 1. The summed E-state index contributed by atoms with van der Waals surface area (Å²) in [6.07, 6.45) is 0. The molecule has 0 atom stereocenters. The highest BCUT2D eigenvalue weighted by Crippen LogP contribution is 2.26. The van der Waals surface area contributed by atoms with Crippen molar-refractivity contribution in [2.75, 3.05) is 0 Å². The zero-order valence-electron chi connectivity index (χ0n) is 7.02. The molecule has 0 aliphatic heterocycles. The largest absolute Gasteiger partial charge is 0.293 e. The van der Waals surface area contributed by atoms with Crippen molar-refractivity contribution < 1.29 is 4.79 Å². The van der Waals surface area contributed by atoms with Gasteiger partial charge in [0.15, 0.2) is 15.4 Å². The third kappa shape index (κ3) is 3.09. The van der Waals surface area contributed by atoms with Gasteiger partial charge in [-0.1, -0.05) is 48.4 Å². The molecule has 0 spiro atoms. The van der Waals surface area contributed by atoms with Crippen molar-refractivity contribution in [3.8, 4) is 0 Å². The molecule has 1 aromatic heterocycles. The van der Waals surface area contributed by atoms with Gasteiger partial charge in [-0.3, -0.25) is 4.79 Å². The van der Waals surface area contributed by atoms with Crippen molar-refractivity contribution in [2.24, 2.45) is 0 Å². The first-order valence-corrected chi connectivity index (χ1v) is 5.01. The molecule has 0 aliphatic carbocycles. The summed E-state index contributed by atoms with van der Waals surface area (Å²) >= 11 is 12.1. The summed E-state index contributed by atoms with van der Waals surface area (Å²) in [4.78, 5) is 14.8. The zero-order valence-corrected chi connectivity index (χ0v) is 9.35. The highest BCUT2D eigenvalue weighted by atomic mass is 35.5. The van der Waals surface area contributed by atoms with E-state index < -0.39 is 0 Å². The average Bonchev–Trinajstić information content (AvgIpc) is 2.34. The lowest BCUT2D eigenvalue weighted by Crippen LogP contribution is -1.86. The molecule has 1 rings (SSSR count). The van der Waals surface area contributed by atoms with Gasteiger partial charge in [0.25, 0.3) is 0 Å². The summed E-state index contributed by atoms with van der Waals surface area (Å²) < 4.78 is 0.301. The standard InChI is InChI=1S/C5H3Cl2NOS.C2H6/c1-2(9)3-4(6)8-5(7)10-3;1-2/h1H3;1-2H3. The SMILES string of the molecule is CC.CC(=O)c1sc(Cl)nc1Cl. The van der Waals surface area contributed by atoms with Gasteiger partial charge in [-0.05, 0) is 0 Å². The molecule has 0 saturated heterocycles. The van der Waals surface area contributed by atoms with Gasteiger partial charge in [0.1, 0.15) is 4.88 Å². The third-order valence-electron chi connectivity index (χ3n) is 0.879. The maximum Gasteiger partial charge on any atom is 0.185 e. The van der Waals surface area contributed by atoms with Crippen molar-refractivity contribution >= 4 is 40.3 Å². The normalized spacial score (nSPS) is 8.75. The first kappa shape index (κ1) is 11.9. The maximum atomic E-state index is 10.7. The van der Waals surface area contributed by atoms with Crippen molar-refractivity contribution in [3.05, 3.63) is 14.5 Å². The van der Waals surface area contributed by atoms with Gasteiger partial charge in [0.2, 0.25) is 0 Å². The maximum absolute atomic E-state index is 10.7. The molecule has 0 fully saturated rings. The molecular formula is C7H9Cl2NOS. The molecule has 68 valence electrons. The summed E-state index contributed by atoms with van der Waals surface area (Å²) in [5.74, 6) is -0.102. The van der Waals surface area contributed by atoms with Crippen LogP contribution in [0.4, 0.5) is 0 Å². The minimum atomic E-state index is -0.102. The molecule has 0 saturated carbocycles. The van der Waals surface area contributed by atoms with Crippen molar-refractivity contribution in [2.45, 2.75) is 20.8 Å². The fraction of sp³-hybridized carbons (Fsp3) is 0.429. The molecule has 0 bridgehead atoms. The topological polar surface area (TPSA) is 30.0 Å². The first-order chi connectivity index (χ1) is 5.61. The van der Waals surface area contributed by atoms with E-state index in [1.54, 1.807) is 0 Å². The van der Waals surface area contributed by atoms with E-state index in [4.69, 9.17) is 23.2 Å². The lowest BCUT2D eigenvalue weighted by molar-refractivity contribution is 0.102. The second-order valence-electron chi connectivity index (χ2n) is 1.64. The van der Waals surface area contributed by atoms with E-state index in [1.165, 1.54) is 6.92 Å². The number of hydrogen-bond acceptors (Lipinski definition) is 3. The van der Waals surface area contributed by atoms with Gasteiger partial charge in [0.05, 0.1) is 0 Å². The number of carbonyl (C=O) groups excluding carboxylic acids is 1. The highest BCUT2D eigenvalue weighted by molar-refractivity contribution is 7.18. The number of thiazole rings is 1. The van der Waals surface area contributed by atoms with Crippen LogP contribution < -0.4 is 0 Å². The van der Waals surface area contributed by atoms with Crippen LogP contribution in [0.1, 0.15) is 30.4 Å². The summed E-state index contributed by atoms with van der Waals surface area (Å²) in [5, 5.41) is 0.197. The van der Waals surface area contributed by atoms with Crippen LogP contribution >= 0.6 is 34.5 Å². The second-order valence-corrected chi connectivity index (χ2v) is 3.58. The fourth-order valence-corrected chi connectivity index (χ4v) is 1.82. The number of hydrogen-bond donors (Lipinski definition) is 0. The number of halogens is 2.